The number of anilines is 2. The van der Waals surface area contributed by atoms with E-state index in [4.69, 9.17) is 10.5 Å². The SMILES string of the molecule is CCC(COC)Nc1ccc(S(C)(=O)=O)cc1N. The minimum absolute atomic E-state index is 0.154. The van der Waals surface area contributed by atoms with Gasteiger partial charge in [0.1, 0.15) is 0 Å². The summed E-state index contributed by atoms with van der Waals surface area (Å²) in [7, 11) is -1.58. The molecule has 0 bridgehead atoms. The molecule has 0 amide bonds. The second-order valence-corrected chi connectivity index (χ2v) is 6.24. The molecule has 1 rings (SSSR count). The van der Waals surface area contributed by atoms with E-state index in [9.17, 15) is 8.42 Å². The van der Waals surface area contributed by atoms with Crippen LogP contribution in [-0.2, 0) is 14.6 Å². The lowest BCUT2D eigenvalue weighted by Gasteiger charge is -2.19. The number of nitrogen functional groups attached to an aromatic ring is 1. The Hall–Kier alpha value is -1.27. The van der Waals surface area contributed by atoms with Gasteiger partial charge in [-0.1, -0.05) is 6.92 Å². The van der Waals surface area contributed by atoms with Gasteiger partial charge in [0.2, 0.25) is 0 Å². The molecule has 0 aromatic heterocycles. The van der Waals surface area contributed by atoms with Crippen LogP contribution in [0.5, 0.6) is 0 Å². The second-order valence-electron chi connectivity index (χ2n) is 4.23. The standard InChI is InChI=1S/C12H20N2O3S/c1-4-9(8-17-2)14-12-6-5-10(7-11(12)13)18(3,15)16/h5-7,9,14H,4,8,13H2,1-3H3. The largest absolute Gasteiger partial charge is 0.397 e. The maximum atomic E-state index is 11.4. The number of hydrogen-bond acceptors (Lipinski definition) is 5. The molecule has 0 spiro atoms. The third kappa shape index (κ3) is 3.89. The number of ether oxygens (including phenoxy) is 1. The van der Waals surface area contributed by atoms with E-state index in [1.165, 1.54) is 6.07 Å². The van der Waals surface area contributed by atoms with Gasteiger partial charge in [-0.3, -0.25) is 0 Å². The molecule has 0 aliphatic rings. The number of sulfone groups is 1. The molecular formula is C12H20N2O3S. The Kier molecular flexibility index (Phi) is 4.98. The van der Waals surface area contributed by atoms with E-state index in [2.05, 4.69) is 5.32 Å². The monoisotopic (exact) mass is 272 g/mol. The van der Waals surface area contributed by atoms with Gasteiger partial charge in [-0.2, -0.15) is 0 Å². The molecule has 0 saturated carbocycles. The van der Waals surface area contributed by atoms with Gasteiger partial charge in [-0.25, -0.2) is 8.42 Å². The molecule has 0 saturated heterocycles. The summed E-state index contributed by atoms with van der Waals surface area (Å²) in [5.74, 6) is 0. The van der Waals surface area contributed by atoms with Crippen LogP contribution in [0.3, 0.4) is 0 Å². The number of nitrogens with two attached hydrogens (primary N) is 1. The van der Waals surface area contributed by atoms with Crippen LogP contribution in [0.2, 0.25) is 0 Å². The van der Waals surface area contributed by atoms with Crippen LogP contribution >= 0.6 is 0 Å². The highest BCUT2D eigenvalue weighted by Crippen LogP contribution is 2.23. The van der Waals surface area contributed by atoms with Gasteiger partial charge < -0.3 is 15.8 Å². The van der Waals surface area contributed by atoms with Crippen molar-refractivity contribution in [2.24, 2.45) is 0 Å². The zero-order chi connectivity index (χ0) is 13.8. The molecule has 0 aliphatic carbocycles. The molecule has 18 heavy (non-hydrogen) atoms. The lowest BCUT2D eigenvalue weighted by Crippen LogP contribution is -2.24. The van der Waals surface area contributed by atoms with Crippen molar-refractivity contribution < 1.29 is 13.2 Å². The van der Waals surface area contributed by atoms with Crippen molar-refractivity contribution in [3.8, 4) is 0 Å². The van der Waals surface area contributed by atoms with Crippen LogP contribution in [0.15, 0.2) is 23.1 Å². The summed E-state index contributed by atoms with van der Waals surface area (Å²) < 4.78 is 27.8. The zero-order valence-electron chi connectivity index (χ0n) is 10.9. The van der Waals surface area contributed by atoms with Gasteiger partial charge in [-0.05, 0) is 24.6 Å². The molecule has 1 aromatic rings. The first-order valence-electron chi connectivity index (χ1n) is 5.73. The molecule has 0 heterocycles. The first kappa shape index (κ1) is 14.8. The van der Waals surface area contributed by atoms with Crippen molar-refractivity contribution in [1.29, 1.82) is 0 Å². The summed E-state index contributed by atoms with van der Waals surface area (Å²) in [5.41, 5.74) is 7.00. The first-order valence-corrected chi connectivity index (χ1v) is 7.62. The molecule has 6 heteroatoms. The highest BCUT2D eigenvalue weighted by Gasteiger charge is 2.11. The fraction of sp³-hybridized carbons (Fsp3) is 0.500. The van der Waals surface area contributed by atoms with Crippen molar-refractivity contribution >= 4 is 21.2 Å². The van der Waals surface area contributed by atoms with E-state index >= 15 is 0 Å². The minimum Gasteiger partial charge on any atom is -0.397 e. The van der Waals surface area contributed by atoms with Crippen molar-refractivity contribution in [2.75, 3.05) is 31.0 Å². The predicted molar refractivity (Wildman–Crippen MR) is 73.5 cm³/mol. The Labute approximate surface area is 108 Å². The molecule has 1 aromatic carbocycles. The summed E-state index contributed by atoms with van der Waals surface area (Å²) >= 11 is 0. The van der Waals surface area contributed by atoms with Crippen LogP contribution in [0.4, 0.5) is 11.4 Å². The molecule has 0 fully saturated rings. The smallest absolute Gasteiger partial charge is 0.175 e. The van der Waals surface area contributed by atoms with E-state index in [0.29, 0.717) is 12.3 Å². The summed E-state index contributed by atoms with van der Waals surface area (Å²) in [4.78, 5) is 0.227. The van der Waals surface area contributed by atoms with E-state index in [1.807, 2.05) is 6.92 Å². The maximum absolute atomic E-state index is 11.4. The number of rotatable bonds is 6. The van der Waals surface area contributed by atoms with E-state index in [-0.39, 0.29) is 10.9 Å². The van der Waals surface area contributed by atoms with E-state index < -0.39 is 9.84 Å². The number of benzene rings is 1. The van der Waals surface area contributed by atoms with Crippen LogP contribution in [0.1, 0.15) is 13.3 Å². The topological polar surface area (TPSA) is 81.4 Å². The Bertz CT molecular complexity index is 500. The van der Waals surface area contributed by atoms with Crippen LogP contribution < -0.4 is 11.1 Å². The fourth-order valence-corrected chi connectivity index (χ4v) is 2.24. The molecule has 5 nitrogen and oxygen atoms in total. The van der Waals surface area contributed by atoms with Crippen molar-refractivity contribution in [3.05, 3.63) is 18.2 Å². The lowest BCUT2D eigenvalue weighted by atomic mass is 10.2. The maximum Gasteiger partial charge on any atom is 0.175 e. The van der Waals surface area contributed by atoms with Gasteiger partial charge in [0.25, 0.3) is 0 Å². The van der Waals surface area contributed by atoms with Gasteiger partial charge in [0.05, 0.1) is 22.9 Å². The number of nitrogens with one attached hydrogen (secondary N) is 1. The Morgan fingerprint density at radius 1 is 1.44 bits per heavy atom. The normalized spacial score (nSPS) is 13.3. The van der Waals surface area contributed by atoms with Crippen LogP contribution in [-0.4, -0.2) is 34.4 Å². The molecule has 102 valence electrons. The summed E-state index contributed by atoms with van der Waals surface area (Å²) in [5, 5.41) is 3.23. The summed E-state index contributed by atoms with van der Waals surface area (Å²) in [6, 6.07) is 4.86. The number of methoxy groups -OCH3 is 1. The highest BCUT2D eigenvalue weighted by molar-refractivity contribution is 7.90. The first-order chi connectivity index (χ1) is 8.38. The summed E-state index contributed by atoms with van der Waals surface area (Å²) in [6.45, 7) is 2.61. The van der Waals surface area contributed by atoms with Crippen molar-refractivity contribution in [1.82, 2.24) is 0 Å². The Morgan fingerprint density at radius 2 is 2.11 bits per heavy atom. The molecule has 0 aliphatic heterocycles. The second kappa shape index (κ2) is 6.06. The highest BCUT2D eigenvalue weighted by atomic mass is 32.2. The van der Waals surface area contributed by atoms with Gasteiger partial charge in [0.15, 0.2) is 9.84 Å². The Balaban J connectivity index is 2.92. The van der Waals surface area contributed by atoms with Gasteiger partial charge >= 0.3 is 0 Å². The lowest BCUT2D eigenvalue weighted by molar-refractivity contribution is 0.184. The average Bonchev–Trinajstić information content (AvgIpc) is 2.29. The van der Waals surface area contributed by atoms with Crippen LogP contribution in [0.25, 0.3) is 0 Å². The molecule has 1 unspecified atom stereocenters. The Morgan fingerprint density at radius 3 is 2.56 bits per heavy atom. The molecule has 3 N–H and O–H groups in total. The molecular weight excluding hydrogens is 252 g/mol. The van der Waals surface area contributed by atoms with E-state index in [1.54, 1.807) is 19.2 Å². The third-order valence-electron chi connectivity index (χ3n) is 2.67. The molecule has 1 atom stereocenters. The predicted octanol–water partition coefficient (Wildman–Crippen LogP) is 1.51. The van der Waals surface area contributed by atoms with Crippen molar-refractivity contribution in [2.45, 2.75) is 24.3 Å². The van der Waals surface area contributed by atoms with Crippen molar-refractivity contribution in [3.63, 3.8) is 0 Å². The van der Waals surface area contributed by atoms with Gasteiger partial charge in [-0.15, -0.1) is 0 Å². The van der Waals surface area contributed by atoms with Crippen LogP contribution in [0, 0.1) is 0 Å². The quantitative estimate of drug-likeness (QED) is 0.767. The zero-order valence-corrected chi connectivity index (χ0v) is 11.8. The van der Waals surface area contributed by atoms with E-state index in [0.717, 1.165) is 18.4 Å². The average molecular weight is 272 g/mol. The summed E-state index contributed by atoms with van der Waals surface area (Å²) in [6.07, 6.45) is 2.05. The van der Waals surface area contributed by atoms with Gasteiger partial charge in [0, 0.05) is 19.4 Å². The fourth-order valence-electron chi connectivity index (χ4n) is 1.59. The minimum atomic E-state index is -3.22. The number of hydrogen-bond donors (Lipinski definition) is 2. The third-order valence-corrected chi connectivity index (χ3v) is 3.78. The molecule has 0 radical (unpaired) electrons.